The smallest absolute Gasteiger partial charge is 0.217 e. The summed E-state index contributed by atoms with van der Waals surface area (Å²) in [5.74, 6) is -4.13. The van der Waals surface area contributed by atoms with Crippen LogP contribution in [0.5, 0.6) is 0 Å². The molecule has 0 radical (unpaired) electrons. The van der Waals surface area contributed by atoms with Crippen LogP contribution in [0.25, 0.3) is 0 Å². The fourth-order valence-electron chi connectivity index (χ4n) is 5.58. The average molecular weight is 410 g/mol. The molecule has 5 unspecified atom stereocenters. The molecule has 2 aliphatic heterocycles. The highest BCUT2D eigenvalue weighted by Crippen LogP contribution is 2.70. The van der Waals surface area contributed by atoms with E-state index in [1.165, 1.54) is 0 Å². The molecule has 0 aromatic heterocycles. The standard InChI is InChI=1S/C22H20F2N4O2/c1-2-3-13-6-7-22-17(8-13)21(12-27,19(28)30-22)20(10-25,11-26)18(29-22)15-5-4-14(23)9-16(15)24/h4-5,9,13,17-18,28H,2-3,6-8H2,1H3. The van der Waals surface area contributed by atoms with Crippen LogP contribution in [0.1, 0.15) is 50.7 Å². The number of ether oxygens (including phenoxy) is 2. The first kappa shape index (κ1) is 20.3. The fraction of sp³-hybridized carbons (Fsp3) is 0.545. The number of benzene rings is 1. The van der Waals surface area contributed by atoms with Crippen LogP contribution in [0.3, 0.4) is 0 Å². The lowest BCUT2D eigenvalue weighted by molar-refractivity contribution is -0.299. The highest BCUT2D eigenvalue weighted by Gasteiger charge is 2.81. The molecular formula is C22H20F2N4O2. The summed E-state index contributed by atoms with van der Waals surface area (Å²) in [5, 5.41) is 39.1. The van der Waals surface area contributed by atoms with Crippen molar-refractivity contribution < 1.29 is 18.3 Å². The van der Waals surface area contributed by atoms with Gasteiger partial charge in [0.05, 0.1) is 24.1 Å². The monoisotopic (exact) mass is 410 g/mol. The topological polar surface area (TPSA) is 114 Å². The van der Waals surface area contributed by atoms with Gasteiger partial charge in [0.2, 0.25) is 17.1 Å². The van der Waals surface area contributed by atoms with E-state index >= 15 is 0 Å². The van der Waals surface area contributed by atoms with Gasteiger partial charge in [0, 0.05) is 18.1 Å². The third-order valence-electron chi connectivity index (χ3n) is 6.96. The molecule has 2 saturated heterocycles. The van der Waals surface area contributed by atoms with Gasteiger partial charge in [-0.05, 0) is 24.8 Å². The molecule has 6 nitrogen and oxygen atoms in total. The highest BCUT2D eigenvalue weighted by molar-refractivity contribution is 5.89. The van der Waals surface area contributed by atoms with Gasteiger partial charge in [0.25, 0.3) is 0 Å². The molecule has 1 aromatic carbocycles. The lowest BCUT2D eigenvalue weighted by Gasteiger charge is -2.52. The van der Waals surface area contributed by atoms with Crippen molar-refractivity contribution in [3.05, 3.63) is 35.4 Å². The lowest BCUT2D eigenvalue weighted by Crippen LogP contribution is -2.61. The molecule has 154 valence electrons. The second kappa shape index (κ2) is 6.76. The zero-order valence-corrected chi connectivity index (χ0v) is 16.4. The van der Waals surface area contributed by atoms with E-state index in [0.717, 1.165) is 31.4 Å². The van der Waals surface area contributed by atoms with Gasteiger partial charge in [-0.15, -0.1) is 0 Å². The van der Waals surface area contributed by atoms with Gasteiger partial charge in [-0.25, -0.2) is 8.78 Å². The summed E-state index contributed by atoms with van der Waals surface area (Å²) in [6.07, 6.45) is 1.89. The number of hydrogen-bond donors (Lipinski definition) is 1. The van der Waals surface area contributed by atoms with Crippen molar-refractivity contribution in [1.82, 2.24) is 0 Å². The molecule has 8 heteroatoms. The fourth-order valence-corrected chi connectivity index (χ4v) is 5.58. The molecule has 2 heterocycles. The Morgan fingerprint density at radius 3 is 2.53 bits per heavy atom. The summed E-state index contributed by atoms with van der Waals surface area (Å²) < 4.78 is 40.2. The van der Waals surface area contributed by atoms with Crippen LogP contribution in [-0.4, -0.2) is 11.7 Å². The molecule has 1 saturated carbocycles. The maximum Gasteiger partial charge on any atom is 0.217 e. The molecule has 4 rings (SSSR count). The third-order valence-corrected chi connectivity index (χ3v) is 6.96. The van der Waals surface area contributed by atoms with Gasteiger partial charge in [0.15, 0.2) is 5.41 Å². The molecular weight excluding hydrogens is 390 g/mol. The van der Waals surface area contributed by atoms with Crippen molar-refractivity contribution in [1.29, 1.82) is 21.2 Å². The van der Waals surface area contributed by atoms with Gasteiger partial charge in [0.1, 0.15) is 17.7 Å². The van der Waals surface area contributed by atoms with Crippen molar-refractivity contribution in [3.63, 3.8) is 0 Å². The molecule has 0 amide bonds. The van der Waals surface area contributed by atoms with E-state index < -0.39 is 46.2 Å². The van der Waals surface area contributed by atoms with Crippen molar-refractivity contribution in [2.24, 2.45) is 22.7 Å². The maximum atomic E-state index is 14.7. The van der Waals surface area contributed by atoms with E-state index in [1.807, 2.05) is 12.1 Å². The summed E-state index contributed by atoms with van der Waals surface area (Å²) in [5.41, 5.74) is -4.34. The Kier molecular flexibility index (Phi) is 4.56. The summed E-state index contributed by atoms with van der Waals surface area (Å²) in [4.78, 5) is 0. The first-order chi connectivity index (χ1) is 14.3. The van der Waals surface area contributed by atoms with Crippen LogP contribution in [-0.2, 0) is 9.47 Å². The molecule has 1 N–H and O–H groups in total. The van der Waals surface area contributed by atoms with Crippen molar-refractivity contribution in [2.45, 2.75) is 50.9 Å². The maximum absolute atomic E-state index is 14.7. The minimum Gasteiger partial charge on any atom is -0.447 e. The van der Waals surface area contributed by atoms with Crippen LogP contribution in [0, 0.1) is 73.7 Å². The Hall–Kier alpha value is -3.02. The van der Waals surface area contributed by atoms with Crippen LogP contribution in [0.15, 0.2) is 18.2 Å². The van der Waals surface area contributed by atoms with Gasteiger partial charge < -0.3 is 9.47 Å². The number of nitrogens with one attached hydrogen (secondary N) is 1. The third kappa shape index (κ3) is 2.30. The SMILES string of the molecule is CCCC1CCC23OC(=N)C(C#N)(C2C1)C(C#N)(C#N)C(c1ccc(F)cc1F)O3. The molecule has 5 atom stereocenters. The van der Waals surface area contributed by atoms with E-state index in [2.05, 4.69) is 13.0 Å². The second-order valence-corrected chi connectivity index (χ2v) is 8.34. The zero-order chi connectivity index (χ0) is 21.7. The predicted octanol–water partition coefficient (Wildman–Crippen LogP) is 4.50. The first-order valence-electron chi connectivity index (χ1n) is 9.98. The largest absolute Gasteiger partial charge is 0.447 e. The van der Waals surface area contributed by atoms with Gasteiger partial charge in [-0.2, -0.15) is 15.8 Å². The van der Waals surface area contributed by atoms with E-state index in [-0.39, 0.29) is 11.5 Å². The van der Waals surface area contributed by atoms with E-state index in [0.29, 0.717) is 18.9 Å². The number of hydrogen-bond acceptors (Lipinski definition) is 6. The minimum atomic E-state index is -2.23. The Bertz CT molecular complexity index is 1030. The molecule has 2 bridgehead atoms. The van der Waals surface area contributed by atoms with E-state index in [4.69, 9.17) is 14.9 Å². The number of nitriles is 3. The molecule has 3 fully saturated rings. The van der Waals surface area contributed by atoms with E-state index in [1.54, 1.807) is 0 Å². The number of halogens is 2. The summed E-state index contributed by atoms with van der Waals surface area (Å²) >= 11 is 0. The van der Waals surface area contributed by atoms with Crippen LogP contribution in [0.4, 0.5) is 8.78 Å². The highest BCUT2D eigenvalue weighted by atomic mass is 19.1. The molecule has 1 aromatic rings. The van der Waals surface area contributed by atoms with Crippen LogP contribution >= 0.6 is 0 Å². The predicted molar refractivity (Wildman–Crippen MR) is 99.2 cm³/mol. The second-order valence-electron chi connectivity index (χ2n) is 8.34. The average Bonchev–Trinajstić information content (AvgIpc) is 2.92. The first-order valence-corrected chi connectivity index (χ1v) is 9.98. The summed E-state index contributed by atoms with van der Waals surface area (Å²) in [6.45, 7) is 2.05. The van der Waals surface area contributed by atoms with Crippen molar-refractivity contribution in [3.8, 4) is 18.2 Å². The van der Waals surface area contributed by atoms with Gasteiger partial charge in [-0.1, -0.05) is 25.8 Å². The number of nitrogens with zero attached hydrogens (tertiary/aromatic N) is 3. The minimum absolute atomic E-state index is 0.203. The van der Waals surface area contributed by atoms with Gasteiger partial charge in [-0.3, -0.25) is 5.41 Å². The Labute approximate surface area is 173 Å². The van der Waals surface area contributed by atoms with Crippen LogP contribution < -0.4 is 0 Å². The molecule has 30 heavy (non-hydrogen) atoms. The van der Waals surface area contributed by atoms with E-state index in [9.17, 15) is 24.6 Å². The number of rotatable bonds is 3. The Morgan fingerprint density at radius 1 is 1.20 bits per heavy atom. The summed E-state index contributed by atoms with van der Waals surface area (Å²) in [6, 6.07) is 8.63. The normalized spacial score (nSPS) is 36.0. The Morgan fingerprint density at radius 2 is 1.93 bits per heavy atom. The zero-order valence-electron chi connectivity index (χ0n) is 16.4. The summed E-state index contributed by atoms with van der Waals surface area (Å²) in [7, 11) is 0. The molecule has 1 aliphatic carbocycles. The quantitative estimate of drug-likeness (QED) is 0.788. The van der Waals surface area contributed by atoms with Crippen LogP contribution in [0.2, 0.25) is 0 Å². The molecule has 3 aliphatic rings. The molecule has 0 spiro atoms. The lowest BCUT2D eigenvalue weighted by atomic mass is 9.50. The van der Waals surface area contributed by atoms with Gasteiger partial charge >= 0.3 is 0 Å². The Balaban J connectivity index is 1.95. The van der Waals surface area contributed by atoms with Crippen molar-refractivity contribution >= 4 is 5.90 Å². The van der Waals surface area contributed by atoms with Crippen molar-refractivity contribution in [2.75, 3.05) is 0 Å².